The Kier molecular flexibility index (Phi) is 22.8. The zero-order valence-electron chi connectivity index (χ0n) is 67.1. The third-order valence-electron chi connectivity index (χ3n) is 23.1. The Morgan fingerprint density at radius 3 is 0.410 bits per heavy atom. The maximum atomic E-state index is 2.76. The van der Waals surface area contributed by atoms with Gasteiger partial charge in [0.15, 0.2) is 8.07 Å². The molecule has 1 aliphatic rings. The van der Waals surface area contributed by atoms with Gasteiger partial charge in [0.1, 0.15) is 0 Å². The molecule has 9 aromatic rings. The van der Waals surface area contributed by atoms with E-state index in [9.17, 15) is 0 Å². The zero-order valence-corrected chi connectivity index (χ0v) is 68.1. The molecule has 0 aliphatic heterocycles. The van der Waals surface area contributed by atoms with Crippen molar-refractivity contribution in [1.29, 1.82) is 0 Å². The van der Waals surface area contributed by atoms with Crippen LogP contribution in [0.5, 0.6) is 0 Å². The highest BCUT2D eigenvalue weighted by molar-refractivity contribution is 7.13. The number of benzene rings is 9. The molecular formula is C99H124Si. The quantitative estimate of drug-likeness (QED) is 0.0469. The van der Waals surface area contributed by atoms with Gasteiger partial charge in [0.2, 0.25) is 0 Å². The summed E-state index contributed by atoms with van der Waals surface area (Å²) >= 11 is 0. The number of rotatable bonds is 22. The van der Waals surface area contributed by atoms with E-state index in [0.717, 1.165) is 0 Å². The summed E-state index contributed by atoms with van der Waals surface area (Å²) < 4.78 is 0. The Balaban J connectivity index is 1.56. The number of hydrogen-bond donors (Lipinski definition) is 0. The van der Waals surface area contributed by atoms with E-state index in [1.165, 1.54) is 171 Å². The lowest BCUT2D eigenvalue weighted by Gasteiger charge is -2.42. The molecule has 1 aliphatic carbocycles. The van der Waals surface area contributed by atoms with Gasteiger partial charge in [-0.3, -0.25) is 0 Å². The van der Waals surface area contributed by atoms with Crippen molar-refractivity contribution in [3.05, 3.63) is 253 Å². The van der Waals surface area contributed by atoms with Gasteiger partial charge in [0.05, 0.1) is 0 Å². The lowest BCUT2D eigenvalue weighted by atomic mass is 9.88. The maximum absolute atomic E-state index is 3.73. The summed E-state index contributed by atoms with van der Waals surface area (Å²) in [5.41, 5.74) is 38.0. The van der Waals surface area contributed by atoms with Gasteiger partial charge in [0.25, 0.3) is 0 Å². The van der Waals surface area contributed by atoms with Crippen molar-refractivity contribution >= 4 is 23.6 Å². The van der Waals surface area contributed by atoms with E-state index in [-0.39, 0.29) is 5.54 Å². The topological polar surface area (TPSA) is 0 Å². The minimum atomic E-state index is -3.73. The molecular weight excluding hydrogens is 1220 g/mol. The molecule has 0 saturated heterocycles. The van der Waals surface area contributed by atoms with Crippen LogP contribution in [-0.4, -0.2) is 8.07 Å². The minimum Gasteiger partial charge on any atom is -0.0647 e. The van der Waals surface area contributed by atoms with Crippen molar-refractivity contribution in [2.24, 2.45) is 0 Å². The van der Waals surface area contributed by atoms with Crippen LogP contribution in [0.1, 0.15) is 332 Å². The van der Waals surface area contributed by atoms with Gasteiger partial charge >= 0.3 is 0 Å². The molecule has 9 aromatic carbocycles. The third kappa shape index (κ3) is 15.5. The molecule has 1 heteroatoms. The highest BCUT2D eigenvalue weighted by Crippen LogP contribution is 2.49. The second kappa shape index (κ2) is 30.3. The number of hydrogen-bond acceptors (Lipinski definition) is 0. The molecule has 0 amide bonds. The first-order valence-corrected chi connectivity index (χ1v) is 40.9. The number of allylic oxidation sites excluding steroid dienone is 4. The molecule has 524 valence electrons. The molecule has 100 heavy (non-hydrogen) atoms. The SMILES string of the molecule is CC1=C(C)C([Si](c2cc(-c3cc(C(C)C)cc(C(C)C)c3)cc(-c3cc(C(C)C)cc(C(C)C)c3)c2)(c2cc(-c3cc(C(C)C)cc(C(C)C)c3)cc(-c3cc(C(C)C)cc(C(C)C)c3)c2)c2cc(-c3cc(C(C)C)cc(C(C)C)c3)cc(-c3cc(C(C)C)cc(C(C)C)c3)c2)C(C)=C1C. The van der Waals surface area contributed by atoms with Gasteiger partial charge in [0, 0.05) is 5.54 Å². The average molecular weight is 1340 g/mol. The van der Waals surface area contributed by atoms with E-state index in [4.69, 9.17) is 0 Å². The standard InChI is InChI=1S/C99H124Si/c1-56(2)72-29-73(57(3)4)36-84(35-72)90-47-91(85-37-74(58(5)6)30-75(38-85)59(7)8)51-96(50-90)100(99-70(27)68(25)69(26)71(99)28,97-52-92(86-39-76(60(9)10)31-77(40-86)61(11)12)48-93(53-97)87-41-78(62(13)14)32-79(42-87)63(15)16)98-54-94(88-43-80(64(17)18)33-81(44-88)65(19)20)49-95(55-98)89-45-82(66(21)22)34-83(46-89)67(23)24/h29-67,99H,1-28H3. The zero-order chi connectivity index (χ0) is 73.0. The molecule has 0 spiro atoms. The van der Waals surface area contributed by atoms with Crippen molar-refractivity contribution in [2.45, 2.75) is 270 Å². The van der Waals surface area contributed by atoms with Gasteiger partial charge in [-0.25, -0.2) is 0 Å². The fourth-order valence-corrected chi connectivity index (χ4v) is 21.7. The van der Waals surface area contributed by atoms with Crippen LogP contribution >= 0.6 is 0 Å². The van der Waals surface area contributed by atoms with Gasteiger partial charge < -0.3 is 0 Å². The van der Waals surface area contributed by atoms with Crippen molar-refractivity contribution in [1.82, 2.24) is 0 Å². The van der Waals surface area contributed by atoms with Crippen LogP contribution in [0.25, 0.3) is 66.8 Å². The molecule has 0 N–H and O–H groups in total. The van der Waals surface area contributed by atoms with E-state index in [2.05, 4.69) is 358 Å². The molecule has 0 bridgehead atoms. The van der Waals surface area contributed by atoms with Crippen molar-refractivity contribution in [3.8, 4) is 66.8 Å². The van der Waals surface area contributed by atoms with Crippen LogP contribution in [0, 0.1) is 0 Å². The monoisotopic (exact) mass is 1340 g/mol. The van der Waals surface area contributed by atoms with Crippen LogP contribution in [0.2, 0.25) is 5.54 Å². The summed E-state index contributed by atoms with van der Waals surface area (Å²) in [5, 5.41) is 4.32. The highest BCUT2D eigenvalue weighted by Gasteiger charge is 2.51. The summed E-state index contributed by atoms with van der Waals surface area (Å²) in [4.78, 5) is 0. The normalized spacial score (nSPS) is 13.6. The summed E-state index contributed by atoms with van der Waals surface area (Å²) in [7, 11) is -3.73. The molecule has 0 unspecified atom stereocenters. The van der Waals surface area contributed by atoms with Crippen LogP contribution in [0.4, 0.5) is 0 Å². The van der Waals surface area contributed by atoms with Gasteiger partial charge in [-0.15, -0.1) is 0 Å². The lowest BCUT2D eigenvalue weighted by molar-refractivity contribution is 0.834. The fraction of sp³-hybridized carbons (Fsp3) is 0.414. The second-order valence-electron chi connectivity index (χ2n) is 34.4. The van der Waals surface area contributed by atoms with Crippen LogP contribution < -0.4 is 15.6 Å². The second-order valence-corrected chi connectivity index (χ2v) is 38.4. The summed E-state index contributed by atoms with van der Waals surface area (Å²) in [5.74, 6) is 4.21. The predicted octanol–water partition coefficient (Wildman–Crippen LogP) is 28.7. The molecule has 0 nitrogen and oxygen atoms in total. The maximum Gasteiger partial charge on any atom is 0.159 e. The van der Waals surface area contributed by atoms with Crippen LogP contribution in [-0.2, 0) is 0 Å². The van der Waals surface area contributed by atoms with Crippen LogP contribution in [0.3, 0.4) is 0 Å². The first kappa shape index (κ1) is 75.3. The predicted molar refractivity (Wildman–Crippen MR) is 446 cm³/mol. The van der Waals surface area contributed by atoms with Gasteiger partial charge in [-0.2, -0.15) is 0 Å². The van der Waals surface area contributed by atoms with Crippen molar-refractivity contribution in [2.75, 3.05) is 0 Å². The fourth-order valence-electron chi connectivity index (χ4n) is 15.6. The summed E-state index contributed by atoms with van der Waals surface area (Å²) in [6.07, 6.45) is 0. The molecule has 10 rings (SSSR count). The Morgan fingerprint density at radius 2 is 0.290 bits per heavy atom. The Labute approximate surface area is 609 Å². The highest BCUT2D eigenvalue weighted by atomic mass is 28.3. The minimum absolute atomic E-state index is 0.0335. The first-order valence-electron chi connectivity index (χ1n) is 38.8. The Morgan fingerprint density at radius 1 is 0.170 bits per heavy atom. The largest absolute Gasteiger partial charge is 0.159 e. The third-order valence-corrected chi connectivity index (χ3v) is 28.4. The average Bonchev–Trinajstić information content (AvgIpc) is 1.30. The van der Waals surface area contributed by atoms with E-state index in [1.807, 2.05) is 0 Å². The van der Waals surface area contributed by atoms with E-state index in [1.54, 1.807) is 0 Å². The Bertz CT molecular complexity index is 3700. The Hall–Kier alpha value is -7.32. The molecule has 0 radical (unpaired) electrons. The molecule has 0 saturated carbocycles. The van der Waals surface area contributed by atoms with E-state index < -0.39 is 8.07 Å². The smallest absolute Gasteiger partial charge is 0.0647 e. The van der Waals surface area contributed by atoms with Crippen molar-refractivity contribution in [3.63, 3.8) is 0 Å². The molecule has 0 atom stereocenters. The van der Waals surface area contributed by atoms with Crippen molar-refractivity contribution < 1.29 is 0 Å². The molecule has 0 aromatic heterocycles. The summed E-state index contributed by atoms with van der Waals surface area (Å²) in [6.45, 7) is 67.0. The molecule has 0 heterocycles. The van der Waals surface area contributed by atoms with Gasteiger partial charge in [-0.05, 0) is 277 Å². The van der Waals surface area contributed by atoms with E-state index in [0.29, 0.717) is 71.0 Å². The lowest BCUT2D eigenvalue weighted by Crippen LogP contribution is -2.70. The van der Waals surface area contributed by atoms with Gasteiger partial charge in [-0.1, -0.05) is 323 Å². The first-order chi connectivity index (χ1) is 47.0. The summed E-state index contributed by atoms with van der Waals surface area (Å²) in [6, 6.07) is 69.9. The molecule has 0 fully saturated rings. The van der Waals surface area contributed by atoms with Crippen LogP contribution in [0.15, 0.2) is 186 Å². The van der Waals surface area contributed by atoms with E-state index >= 15 is 0 Å².